The standard InChI is InChI=1S/C12H14F2N2O4/c13-11(14)9(17)5-16-12(19)7-1-3-8(4-2-7)20-6-10(15)18/h1-4,9,11,17H,5-6H2,(H2,15,18)(H,16,19). The predicted octanol–water partition coefficient (Wildman–Crippen LogP) is -0.0935. The van der Waals surface area contributed by atoms with Gasteiger partial charge in [-0.2, -0.15) is 0 Å². The quantitative estimate of drug-likeness (QED) is 0.652. The van der Waals surface area contributed by atoms with Gasteiger partial charge in [0.2, 0.25) is 0 Å². The van der Waals surface area contributed by atoms with Gasteiger partial charge in [-0.3, -0.25) is 9.59 Å². The lowest BCUT2D eigenvalue weighted by Gasteiger charge is -2.11. The van der Waals surface area contributed by atoms with E-state index in [1.54, 1.807) is 0 Å². The molecule has 1 aromatic carbocycles. The highest BCUT2D eigenvalue weighted by atomic mass is 19.3. The number of carbonyl (C=O) groups excluding carboxylic acids is 2. The molecular weight excluding hydrogens is 274 g/mol. The molecule has 6 nitrogen and oxygen atoms in total. The number of halogens is 2. The minimum Gasteiger partial charge on any atom is -0.484 e. The number of alkyl halides is 2. The van der Waals surface area contributed by atoms with Crippen molar-refractivity contribution in [3.8, 4) is 5.75 Å². The van der Waals surface area contributed by atoms with E-state index in [1.165, 1.54) is 24.3 Å². The SMILES string of the molecule is NC(=O)COc1ccc(C(=O)NCC(O)C(F)F)cc1. The molecule has 0 fully saturated rings. The summed E-state index contributed by atoms with van der Waals surface area (Å²) in [7, 11) is 0. The fourth-order valence-electron chi connectivity index (χ4n) is 1.25. The number of nitrogens with two attached hydrogens (primary N) is 1. The first-order valence-corrected chi connectivity index (χ1v) is 5.65. The first-order chi connectivity index (χ1) is 9.40. The van der Waals surface area contributed by atoms with Crippen molar-refractivity contribution in [3.63, 3.8) is 0 Å². The van der Waals surface area contributed by atoms with Crippen LogP contribution in [0.3, 0.4) is 0 Å². The number of primary amides is 1. The van der Waals surface area contributed by atoms with Crippen molar-refractivity contribution >= 4 is 11.8 Å². The van der Waals surface area contributed by atoms with Crippen molar-refractivity contribution in [2.24, 2.45) is 5.73 Å². The lowest BCUT2D eigenvalue weighted by atomic mass is 10.2. The van der Waals surface area contributed by atoms with Gasteiger partial charge in [0.05, 0.1) is 0 Å². The van der Waals surface area contributed by atoms with E-state index in [0.29, 0.717) is 5.75 Å². The maximum Gasteiger partial charge on any atom is 0.265 e. The number of carbonyl (C=O) groups is 2. The molecule has 0 radical (unpaired) electrons. The number of amides is 2. The molecular formula is C12H14F2N2O4. The van der Waals surface area contributed by atoms with Gasteiger partial charge in [0.25, 0.3) is 18.2 Å². The molecule has 0 aromatic heterocycles. The van der Waals surface area contributed by atoms with Gasteiger partial charge in [-0.15, -0.1) is 0 Å². The van der Waals surface area contributed by atoms with Crippen LogP contribution in [0.5, 0.6) is 5.75 Å². The van der Waals surface area contributed by atoms with Crippen LogP contribution in [0.1, 0.15) is 10.4 Å². The van der Waals surface area contributed by atoms with E-state index in [0.717, 1.165) is 0 Å². The Morgan fingerprint density at radius 3 is 2.40 bits per heavy atom. The Labute approximate surface area is 113 Å². The van der Waals surface area contributed by atoms with Crippen molar-refractivity contribution < 1.29 is 28.2 Å². The van der Waals surface area contributed by atoms with Crippen LogP contribution in [-0.4, -0.2) is 42.6 Å². The summed E-state index contributed by atoms with van der Waals surface area (Å²) < 4.78 is 29.0. The fourth-order valence-corrected chi connectivity index (χ4v) is 1.25. The molecule has 0 aliphatic rings. The molecule has 0 aliphatic heterocycles. The van der Waals surface area contributed by atoms with Gasteiger partial charge in [0.15, 0.2) is 6.61 Å². The number of hydrogen-bond acceptors (Lipinski definition) is 4. The van der Waals surface area contributed by atoms with Crippen molar-refractivity contribution in [2.45, 2.75) is 12.5 Å². The molecule has 8 heteroatoms. The number of aliphatic hydroxyl groups excluding tert-OH is 1. The molecule has 0 spiro atoms. The smallest absolute Gasteiger partial charge is 0.265 e. The van der Waals surface area contributed by atoms with Gasteiger partial charge >= 0.3 is 0 Å². The zero-order valence-corrected chi connectivity index (χ0v) is 10.4. The van der Waals surface area contributed by atoms with Gasteiger partial charge in [0.1, 0.15) is 11.9 Å². The molecule has 1 unspecified atom stereocenters. The Hall–Kier alpha value is -2.22. The van der Waals surface area contributed by atoms with E-state index >= 15 is 0 Å². The second-order valence-electron chi connectivity index (χ2n) is 3.89. The topological polar surface area (TPSA) is 102 Å². The van der Waals surface area contributed by atoms with Crippen molar-refractivity contribution in [1.29, 1.82) is 0 Å². The average molecular weight is 288 g/mol. The first-order valence-electron chi connectivity index (χ1n) is 5.65. The third-order valence-corrected chi connectivity index (χ3v) is 2.26. The molecule has 0 aliphatic carbocycles. The number of nitrogens with one attached hydrogen (secondary N) is 1. The largest absolute Gasteiger partial charge is 0.484 e. The predicted molar refractivity (Wildman–Crippen MR) is 65.5 cm³/mol. The Balaban J connectivity index is 2.51. The third-order valence-electron chi connectivity index (χ3n) is 2.26. The van der Waals surface area contributed by atoms with Crippen LogP contribution in [-0.2, 0) is 4.79 Å². The maximum absolute atomic E-state index is 12.0. The molecule has 110 valence electrons. The minimum atomic E-state index is -2.92. The molecule has 0 bridgehead atoms. The normalized spacial score (nSPS) is 12.0. The summed E-state index contributed by atoms with van der Waals surface area (Å²) in [6, 6.07) is 5.64. The Bertz CT molecular complexity index is 465. The maximum atomic E-state index is 12.0. The first kappa shape index (κ1) is 15.8. The average Bonchev–Trinajstić information content (AvgIpc) is 2.42. The molecule has 2 amide bonds. The van der Waals surface area contributed by atoms with Gasteiger partial charge < -0.3 is 20.9 Å². The number of aliphatic hydroxyl groups is 1. The Morgan fingerprint density at radius 1 is 1.30 bits per heavy atom. The van der Waals surface area contributed by atoms with Crippen molar-refractivity contribution in [3.05, 3.63) is 29.8 Å². The van der Waals surface area contributed by atoms with Crippen LogP contribution >= 0.6 is 0 Å². The van der Waals surface area contributed by atoms with E-state index < -0.39 is 30.9 Å². The fraction of sp³-hybridized carbons (Fsp3) is 0.333. The Morgan fingerprint density at radius 2 is 1.90 bits per heavy atom. The van der Waals surface area contributed by atoms with E-state index in [4.69, 9.17) is 15.6 Å². The van der Waals surface area contributed by atoms with E-state index in [2.05, 4.69) is 5.32 Å². The second kappa shape index (κ2) is 7.39. The van der Waals surface area contributed by atoms with Crippen LogP contribution in [0, 0.1) is 0 Å². The summed E-state index contributed by atoms with van der Waals surface area (Å²) in [5, 5.41) is 11.0. The third kappa shape index (κ3) is 5.19. The zero-order valence-electron chi connectivity index (χ0n) is 10.4. The molecule has 1 aromatic rings. The Kier molecular flexibility index (Phi) is 5.85. The molecule has 20 heavy (non-hydrogen) atoms. The molecule has 0 saturated heterocycles. The van der Waals surface area contributed by atoms with E-state index in [-0.39, 0.29) is 12.2 Å². The summed E-state index contributed by atoms with van der Waals surface area (Å²) in [6.07, 6.45) is -4.82. The van der Waals surface area contributed by atoms with Gasteiger partial charge in [-0.25, -0.2) is 8.78 Å². The van der Waals surface area contributed by atoms with Crippen LogP contribution in [0.4, 0.5) is 8.78 Å². The number of hydrogen-bond donors (Lipinski definition) is 3. The number of ether oxygens (including phenoxy) is 1. The molecule has 1 atom stereocenters. The van der Waals surface area contributed by atoms with Gasteiger partial charge in [-0.05, 0) is 24.3 Å². The summed E-state index contributed by atoms with van der Waals surface area (Å²) in [6.45, 7) is -0.831. The van der Waals surface area contributed by atoms with Gasteiger partial charge in [-0.1, -0.05) is 0 Å². The number of rotatable bonds is 7. The zero-order chi connectivity index (χ0) is 15.1. The second-order valence-corrected chi connectivity index (χ2v) is 3.89. The summed E-state index contributed by atoms with van der Waals surface area (Å²) in [5.74, 6) is -0.896. The highest BCUT2D eigenvalue weighted by molar-refractivity contribution is 5.94. The lowest BCUT2D eigenvalue weighted by molar-refractivity contribution is -0.119. The number of benzene rings is 1. The van der Waals surface area contributed by atoms with Crippen LogP contribution in [0.2, 0.25) is 0 Å². The monoisotopic (exact) mass is 288 g/mol. The summed E-state index contributed by atoms with van der Waals surface area (Å²) in [4.78, 5) is 22.1. The lowest BCUT2D eigenvalue weighted by Crippen LogP contribution is -2.35. The summed E-state index contributed by atoms with van der Waals surface area (Å²) in [5.41, 5.74) is 5.10. The van der Waals surface area contributed by atoms with Crippen LogP contribution < -0.4 is 15.8 Å². The van der Waals surface area contributed by atoms with E-state index in [9.17, 15) is 18.4 Å². The van der Waals surface area contributed by atoms with Gasteiger partial charge in [0, 0.05) is 12.1 Å². The van der Waals surface area contributed by atoms with Crippen LogP contribution in [0.15, 0.2) is 24.3 Å². The molecule has 1 rings (SSSR count). The summed E-state index contributed by atoms with van der Waals surface area (Å²) >= 11 is 0. The van der Waals surface area contributed by atoms with Crippen molar-refractivity contribution in [2.75, 3.05) is 13.2 Å². The van der Waals surface area contributed by atoms with Crippen molar-refractivity contribution in [1.82, 2.24) is 5.32 Å². The van der Waals surface area contributed by atoms with E-state index in [1.807, 2.05) is 0 Å². The van der Waals surface area contributed by atoms with Crippen LogP contribution in [0.25, 0.3) is 0 Å². The molecule has 4 N–H and O–H groups in total. The highest BCUT2D eigenvalue weighted by Crippen LogP contribution is 2.12. The highest BCUT2D eigenvalue weighted by Gasteiger charge is 2.17. The minimum absolute atomic E-state index is 0.206. The molecule has 0 saturated carbocycles. The molecule has 0 heterocycles.